The molecule has 1 aromatic carbocycles. The molecule has 0 unspecified atom stereocenters. The molecule has 1 aromatic heterocycles. The Hall–Kier alpha value is -2.41. The van der Waals surface area contributed by atoms with Gasteiger partial charge in [0.1, 0.15) is 12.7 Å². The molecule has 2 N–H and O–H groups in total. The van der Waals surface area contributed by atoms with Gasteiger partial charge in [-0.2, -0.15) is 0 Å². The second-order valence-electron chi connectivity index (χ2n) is 3.68. The summed E-state index contributed by atoms with van der Waals surface area (Å²) >= 11 is 5.92. The largest absolute Gasteiger partial charge is 0.328 e. The van der Waals surface area contributed by atoms with Crippen molar-refractivity contribution in [3.63, 3.8) is 0 Å². The number of nitrogens with zero attached hydrogens (tertiary/aromatic N) is 3. The Bertz CT molecular complexity index is 612. The van der Waals surface area contributed by atoms with Gasteiger partial charge in [0.25, 0.3) is 0 Å². The molecule has 2 aromatic rings. The third kappa shape index (κ3) is 3.08. The van der Waals surface area contributed by atoms with E-state index in [9.17, 15) is 9.59 Å². The first kappa shape index (κ1) is 13.0. The zero-order chi connectivity index (χ0) is 13.8. The summed E-state index contributed by atoms with van der Waals surface area (Å²) < 4.78 is 1.17. The summed E-state index contributed by atoms with van der Waals surface area (Å²) in [6.07, 6.45) is 2.52. The van der Waals surface area contributed by atoms with E-state index in [1.165, 1.54) is 17.3 Å². The number of benzene rings is 1. The second kappa shape index (κ2) is 5.49. The van der Waals surface area contributed by atoms with Crippen molar-refractivity contribution in [3.05, 3.63) is 41.4 Å². The minimum absolute atomic E-state index is 0.483. The molecule has 0 fully saturated rings. The average molecular weight is 280 g/mol. The number of carbonyl (C=O) groups excluding carboxylic acids is 2. The molecule has 0 aliphatic carbocycles. The number of nitrogens with one attached hydrogen (secondary N) is 2. The van der Waals surface area contributed by atoms with Crippen LogP contribution in [0, 0.1) is 6.92 Å². The Morgan fingerprint density at radius 1 is 1.21 bits per heavy atom. The molecular weight excluding hydrogens is 270 g/mol. The summed E-state index contributed by atoms with van der Waals surface area (Å²) in [6, 6.07) is 5.04. The fourth-order valence-corrected chi connectivity index (χ4v) is 1.52. The lowest BCUT2D eigenvalue weighted by molar-refractivity contribution is -0.133. The van der Waals surface area contributed by atoms with Crippen LogP contribution in [0.5, 0.6) is 0 Å². The third-order valence-corrected chi connectivity index (χ3v) is 2.78. The molecule has 8 heteroatoms. The zero-order valence-corrected chi connectivity index (χ0v) is 10.7. The van der Waals surface area contributed by atoms with Gasteiger partial charge in [0.15, 0.2) is 0 Å². The van der Waals surface area contributed by atoms with Crippen LogP contribution < -0.4 is 10.7 Å². The molecule has 0 aliphatic heterocycles. The maximum Gasteiger partial charge on any atom is 0.328 e. The first-order valence-electron chi connectivity index (χ1n) is 5.30. The van der Waals surface area contributed by atoms with Crippen molar-refractivity contribution in [1.82, 2.24) is 14.9 Å². The lowest BCUT2D eigenvalue weighted by atomic mass is 10.2. The van der Waals surface area contributed by atoms with Crippen LogP contribution >= 0.6 is 11.6 Å². The molecule has 0 radical (unpaired) electrons. The van der Waals surface area contributed by atoms with Crippen LogP contribution in [0.1, 0.15) is 5.56 Å². The van der Waals surface area contributed by atoms with E-state index in [1.807, 2.05) is 0 Å². The molecule has 2 amide bonds. The van der Waals surface area contributed by atoms with E-state index in [0.717, 1.165) is 0 Å². The average Bonchev–Trinajstić information content (AvgIpc) is 2.87. The van der Waals surface area contributed by atoms with E-state index < -0.39 is 11.8 Å². The van der Waals surface area contributed by atoms with Gasteiger partial charge >= 0.3 is 11.8 Å². The fraction of sp³-hybridized carbons (Fsp3) is 0.0909. The van der Waals surface area contributed by atoms with Crippen molar-refractivity contribution in [2.45, 2.75) is 6.92 Å². The van der Waals surface area contributed by atoms with E-state index in [0.29, 0.717) is 16.3 Å². The van der Waals surface area contributed by atoms with Crippen molar-refractivity contribution in [3.8, 4) is 0 Å². The predicted octanol–water partition coefficient (Wildman–Crippen LogP) is 0.949. The SMILES string of the molecule is Cc1c(Cl)cccc1NC(=O)C(=O)Nn1cnnc1. The molecule has 0 saturated carbocycles. The van der Waals surface area contributed by atoms with Gasteiger partial charge in [-0.05, 0) is 24.6 Å². The Balaban J connectivity index is 2.04. The highest BCUT2D eigenvalue weighted by molar-refractivity contribution is 6.42. The summed E-state index contributed by atoms with van der Waals surface area (Å²) in [7, 11) is 0. The molecular formula is C11H10ClN5O2. The standard InChI is InChI=1S/C11H10ClN5O2/c1-7-8(12)3-2-4-9(7)15-10(18)11(19)16-17-5-13-14-6-17/h2-6H,1H3,(H,15,18)(H,16,19). The molecule has 98 valence electrons. The van der Waals surface area contributed by atoms with Crippen LogP contribution in [0.25, 0.3) is 0 Å². The molecule has 0 spiro atoms. The van der Waals surface area contributed by atoms with Crippen LogP contribution in [-0.4, -0.2) is 26.7 Å². The molecule has 1 heterocycles. The number of aromatic nitrogens is 3. The number of hydrogen-bond acceptors (Lipinski definition) is 4. The van der Waals surface area contributed by atoms with Gasteiger partial charge < -0.3 is 5.32 Å². The zero-order valence-electron chi connectivity index (χ0n) is 9.92. The first-order valence-corrected chi connectivity index (χ1v) is 5.68. The summed E-state index contributed by atoms with van der Waals surface area (Å²) in [5.74, 6) is -1.64. The summed E-state index contributed by atoms with van der Waals surface area (Å²) in [5, 5.41) is 9.97. The Morgan fingerprint density at radius 3 is 2.58 bits per heavy atom. The molecule has 0 bridgehead atoms. The van der Waals surface area contributed by atoms with Crippen LogP contribution in [0.4, 0.5) is 5.69 Å². The number of rotatable bonds is 2. The van der Waals surface area contributed by atoms with Crippen molar-refractivity contribution < 1.29 is 9.59 Å². The van der Waals surface area contributed by atoms with Gasteiger partial charge in [-0.25, -0.2) is 4.68 Å². The number of hydrogen-bond donors (Lipinski definition) is 2. The van der Waals surface area contributed by atoms with Crippen molar-refractivity contribution in [2.75, 3.05) is 10.7 Å². The van der Waals surface area contributed by atoms with Crippen molar-refractivity contribution in [2.24, 2.45) is 0 Å². The number of carbonyl (C=O) groups is 2. The first-order chi connectivity index (χ1) is 9.08. The highest BCUT2D eigenvalue weighted by Gasteiger charge is 2.15. The second-order valence-corrected chi connectivity index (χ2v) is 4.08. The molecule has 19 heavy (non-hydrogen) atoms. The van der Waals surface area contributed by atoms with Crippen LogP contribution in [-0.2, 0) is 9.59 Å². The van der Waals surface area contributed by atoms with E-state index >= 15 is 0 Å². The Morgan fingerprint density at radius 2 is 1.89 bits per heavy atom. The summed E-state index contributed by atoms with van der Waals surface area (Å²) in [6.45, 7) is 1.75. The number of halogens is 1. The van der Waals surface area contributed by atoms with Gasteiger partial charge in [0.2, 0.25) is 0 Å². The van der Waals surface area contributed by atoms with Crippen LogP contribution in [0.15, 0.2) is 30.9 Å². The summed E-state index contributed by atoms with van der Waals surface area (Å²) in [5.41, 5.74) is 3.46. The van der Waals surface area contributed by atoms with Crippen molar-refractivity contribution >= 4 is 29.1 Å². The number of amides is 2. The van der Waals surface area contributed by atoms with E-state index in [-0.39, 0.29) is 0 Å². The molecule has 0 aliphatic rings. The fourth-order valence-electron chi connectivity index (χ4n) is 1.35. The van der Waals surface area contributed by atoms with Crippen LogP contribution in [0.2, 0.25) is 5.02 Å². The van der Waals surface area contributed by atoms with E-state index in [2.05, 4.69) is 20.9 Å². The van der Waals surface area contributed by atoms with Gasteiger partial charge in [0.05, 0.1) is 0 Å². The topological polar surface area (TPSA) is 88.9 Å². The highest BCUT2D eigenvalue weighted by Crippen LogP contribution is 2.22. The maximum absolute atomic E-state index is 11.7. The quantitative estimate of drug-likeness (QED) is 0.801. The lowest BCUT2D eigenvalue weighted by Gasteiger charge is -2.09. The lowest BCUT2D eigenvalue weighted by Crippen LogP contribution is -2.33. The minimum Gasteiger partial charge on any atom is -0.317 e. The molecule has 2 rings (SSSR count). The highest BCUT2D eigenvalue weighted by atomic mass is 35.5. The predicted molar refractivity (Wildman–Crippen MR) is 69.2 cm³/mol. The smallest absolute Gasteiger partial charge is 0.317 e. The number of anilines is 1. The third-order valence-electron chi connectivity index (χ3n) is 2.37. The molecule has 0 atom stereocenters. The maximum atomic E-state index is 11.7. The Kier molecular flexibility index (Phi) is 3.76. The van der Waals surface area contributed by atoms with E-state index in [1.54, 1.807) is 25.1 Å². The van der Waals surface area contributed by atoms with Gasteiger partial charge in [0, 0.05) is 10.7 Å². The normalized spacial score (nSPS) is 10.0. The molecule has 0 saturated heterocycles. The minimum atomic E-state index is -0.834. The van der Waals surface area contributed by atoms with Gasteiger partial charge in [-0.15, -0.1) is 10.2 Å². The van der Waals surface area contributed by atoms with Gasteiger partial charge in [-0.1, -0.05) is 17.7 Å². The van der Waals surface area contributed by atoms with Gasteiger partial charge in [-0.3, -0.25) is 15.0 Å². The monoisotopic (exact) mass is 279 g/mol. The van der Waals surface area contributed by atoms with Crippen molar-refractivity contribution in [1.29, 1.82) is 0 Å². The summed E-state index contributed by atoms with van der Waals surface area (Å²) in [4.78, 5) is 23.3. The van der Waals surface area contributed by atoms with E-state index in [4.69, 9.17) is 11.6 Å². The Labute approximate surface area is 113 Å². The van der Waals surface area contributed by atoms with Crippen LogP contribution in [0.3, 0.4) is 0 Å². The molecule has 7 nitrogen and oxygen atoms in total.